The number of benzene rings is 5. The number of fused-ring (bicyclic) bond motifs is 1. The van der Waals surface area contributed by atoms with Crippen LogP contribution >= 0.6 is 11.3 Å². The normalized spacial score (nSPS) is 12.0. The second kappa shape index (κ2) is 5.26. The first-order valence-electron chi connectivity index (χ1n) is 8.89. The minimum absolute atomic E-state index is 0.901. The Bertz CT molecular complexity index is 1390. The van der Waals surface area contributed by atoms with Gasteiger partial charge in [-0.3, -0.25) is 0 Å². The fourth-order valence-corrected chi connectivity index (χ4v) is 5.10. The van der Waals surface area contributed by atoms with Crippen LogP contribution in [0.15, 0.2) is 84.4 Å². The Morgan fingerprint density at radius 1 is 0.654 bits per heavy atom. The van der Waals surface area contributed by atoms with E-state index in [0.717, 1.165) is 6.54 Å². The number of hydrogen-bond acceptors (Lipinski definition) is 1. The summed E-state index contributed by atoms with van der Waals surface area (Å²) in [7, 11) is 0. The van der Waals surface area contributed by atoms with Crippen molar-refractivity contribution in [3.05, 3.63) is 89.9 Å². The second-order valence-electron chi connectivity index (χ2n) is 6.90. The lowest BCUT2D eigenvalue weighted by Gasteiger charge is -2.12. The molecular formula is C24H16NS+. The Hall–Kier alpha value is -2.97. The van der Waals surface area contributed by atoms with Gasteiger partial charge in [0.1, 0.15) is 4.70 Å². The van der Waals surface area contributed by atoms with Crippen LogP contribution in [0.4, 0.5) is 0 Å². The molecule has 6 aromatic rings. The van der Waals surface area contributed by atoms with Crippen molar-refractivity contribution in [2.75, 3.05) is 0 Å². The zero-order valence-corrected chi connectivity index (χ0v) is 15.0. The standard InChI is InChI=1S/C24H16NS/c1-2-7-22-21(6-1)25(15-26-22)14-19-11-10-18-9-8-16-4-3-5-17-12-13-20(19)24(18)23(16)17/h1-13,15H,14H2/q+1. The van der Waals surface area contributed by atoms with Gasteiger partial charge in [-0.1, -0.05) is 78.1 Å². The predicted octanol–water partition coefficient (Wildman–Crippen LogP) is 6.13. The molecule has 1 nitrogen and oxygen atoms in total. The van der Waals surface area contributed by atoms with Crippen LogP contribution in [0, 0.1) is 0 Å². The van der Waals surface area contributed by atoms with Crippen LogP contribution in [0.1, 0.15) is 5.56 Å². The Balaban J connectivity index is 1.64. The molecule has 2 heteroatoms. The lowest BCUT2D eigenvalue weighted by molar-refractivity contribution is -0.657. The molecule has 0 saturated heterocycles. The van der Waals surface area contributed by atoms with Gasteiger partial charge >= 0.3 is 0 Å². The molecule has 6 rings (SSSR count). The van der Waals surface area contributed by atoms with E-state index >= 15 is 0 Å². The van der Waals surface area contributed by atoms with E-state index in [9.17, 15) is 0 Å². The van der Waals surface area contributed by atoms with Gasteiger partial charge in [-0.25, -0.2) is 0 Å². The highest BCUT2D eigenvalue weighted by molar-refractivity contribution is 7.16. The van der Waals surface area contributed by atoms with Gasteiger partial charge in [0.05, 0.1) is 0 Å². The van der Waals surface area contributed by atoms with Crippen LogP contribution in [-0.2, 0) is 6.54 Å². The minimum Gasteiger partial charge on any atom is -0.184 e. The third-order valence-electron chi connectivity index (χ3n) is 5.44. The zero-order chi connectivity index (χ0) is 17.1. The molecular weight excluding hydrogens is 334 g/mol. The third kappa shape index (κ3) is 1.94. The van der Waals surface area contributed by atoms with Gasteiger partial charge in [-0.2, -0.15) is 4.57 Å². The first kappa shape index (κ1) is 14.2. The van der Waals surface area contributed by atoms with E-state index in [2.05, 4.69) is 88.9 Å². The highest BCUT2D eigenvalue weighted by Gasteiger charge is 2.16. The van der Waals surface area contributed by atoms with Crippen molar-refractivity contribution in [2.24, 2.45) is 0 Å². The maximum absolute atomic E-state index is 2.37. The van der Waals surface area contributed by atoms with Gasteiger partial charge < -0.3 is 0 Å². The average molecular weight is 350 g/mol. The number of thiazole rings is 1. The lowest BCUT2D eigenvalue weighted by Crippen LogP contribution is -2.32. The summed E-state index contributed by atoms with van der Waals surface area (Å²) in [6.45, 7) is 0.901. The van der Waals surface area contributed by atoms with E-state index in [4.69, 9.17) is 0 Å². The number of nitrogens with zero attached hydrogens (tertiary/aromatic N) is 1. The fourth-order valence-electron chi connectivity index (χ4n) is 4.21. The highest BCUT2D eigenvalue weighted by Crippen LogP contribution is 2.35. The monoisotopic (exact) mass is 350 g/mol. The molecule has 0 aliphatic rings. The summed E-state index contributed by atoms with van der Waals surface area (Å²) in [4.78, 5) is 0. The van der Waals surface area contributed by atoms with Crippen LogP contribution in [0.25, 0.3) is 42.5 Å². The zero-order valence-electron chi connectivity index (χ0n) is 14.1. The topological polar surface area (TPSA) is 3.88 Å². The van der Waals surface area contributed by atoms with Crippen molar-refractivity contribution >= 4 is 53.9 Å². The molecule has 0 amide bonds. The highest BCUT2D eigenvalue weighted by atomic mass is 32.1. The Labute approximate surface area is 155 Å². The molecule has 5 aromatic carbocycles. The maximum atomic E-state index is 2.37. The SMILES string of the molecule is c1cc2ccc3ccc(C[n+]4csc5ccccc54)c4ccc(c1)c2c34. The van der Waals surface area contributed by atoms with Crippen LogP contribution in [0.2, 0.25) is 0 Å². The Morgan fingerprint density at radius 3 is 2.27 bits per heavy atom. The van der Waals surface area contributed by atoms with Crippen molar-refractivity contribution in [1.29, 1.82) is 0 Å². The summed E-state index contributed by atoms with van der Waals surface area (Å²) < 4.78 is 3.71. The van der Waals surface area contributed by atoms with Gasteiger partial charge in [-0.15, -0.1) is 0 Å². The summed E-state index contributed by atoms with van der Waals surface area (Å²) in [5.74, 6) is 0. The van der Waals surface area contributed by atoms with Crippen molar-refractivity contribution < 1.29 is 4.57 Å². The number of aromatic nitrogens is 1. The van der Waals surface area contributed by atoms with E-state index in [0.29, 0.717) is 0 Å². The van der Waals surface area contributed by atoms with E-state index in [1.165, 1.54) is 48.1 Å². The molecule has 0 saturated carbocycles. The number of rotatable bonds is 2. The quantitative estimate of drug-likeness (QED) is 0.261. The van der Waals surface area contributed by atoms with Crippen LogP contribution in [0.3, 0.4) is 0 Å². The number of hydrogen-bond donors (Lipinski definition) is 0. The van der Waals surface area contributed by atoms with Crippen LogP contribution < -0.4 is 4.57 Å². The summed E-state index contributed by atoms with van der Waals surface area (Å²) in [5.41, 5.74) is 4.93. The van der Waals surface area contributed by atoms with Crippen molar-refractivity contribution in [2.45, 2.75) is 6.54 Å². The first-order valence-corrected chi connectivity index (χ1v) is 9.77. The second-order valence-corrected chi connectivity index (χ2v) is 7.79. The smallest absolute Gasteiger partial charge is 0.184 e. The van der Waals surface area contributed by atoms with Gasteiger partial charge in [0, 0.05) is 11.6 Å². The van der Waals surface area contributed by atoms with Gasteiger partial charge in [0.25, 0.3) is 0 Å². The summed E-state index contributed by atoms with van der Waals surface area (Å²) in [6, 6.07) is 28.8. The van der Waals surface area contributed by atoms with Crippen LogP contribution in [-0.4, -0.2) is 0 Å². The molecule has 0 unspecified atom stereocenters. The molecule has 0 spiro atoms. The van der Waals surface area contributed by atoms with Gasteiger partial charge in [0.15, 0.2) is 6.54 Å². The summed E-state index contributed by atoms with van der Waals surface area (Å²) in [6.07, 6.45) is 0. The molecule has 1 heterocycles. The summed E-state index contributed by atoms with van der Waals surface area (Å²) >= 11 is 1.81. The predicted molar refractivity (Wildman–Crippen MR) is 111 cm³/mol. The molecule has 1 aromatic heterocycles. The molecule has 0 bridgehead atoms. The number of para-hydroxylation sites is 1. The van der Waals surface area contributed by atoms with Gasteiger partial charge in [0.2, 0.25) is 11.0 Å². The van der Waals surface area contributed by atoms with E-state index in [-0.39, 0.29) is 0 Å². The van der Waals surface area contributed by atoms with Gasteiger partial charge in [-0.05, 0) is 38.4 Å². The average Bonchev–Trinajstić information content (AvgIpc) is 3.10. The van der Waals surface area contributed by atoms with Crippen LogP contribution in [0.5, 0.6) is 0 Å². The lowest BCUT2D eigenvalue weighted by atomic mass is 9.92. The molecule has 0 fully saturated rings. The van der Waals surface area contributed by atoms with Crippen molar-refractivity contribution in [1.82, 2.24) is 0 Å². The fraction of sp³-hybridized carbons (Fsp3) is 0.0417. The molecule has 0 aliphatic heterocycles. The third-order valence-corrected chi connectivity index (χ3v) is 6.40. The molecule has 0 N–H and O–H groups in total. The van der Waals surface area contributed by atoms with E-state index in [1.54, 1.807) is 0 Å². The Kier molecular flexibility index (Phi) is 2.88. The Morgan fingerprint density at radius 2 is 1.38 bits per heavy atom. The van der Waals surface area contributed by atoms with Crippen molar-refractivity contribution in [3.63, 3.8) is 0 Å². The maximum Gasteiger partial charge on any atom is 0.226 e. The summed E-state index contributed by atoms with van der Waals surface area (Å²) in [5, 5.41) is 8.14. The first-order chi connectivity index (χ1) is 12.9. The minimum atomic E-state index is 0.901. The largest absolute Gasteiger partial charge is 0.226 e. The molecule has 26 heavy (non-hydrogen) atoms. The van der Waals surface area contributed by atoms with E-state index in [1.807, 2.05) is 11.3 Å². The van der Waals surface area contributed by atoms with E-state index < -0.39 is 0 Å². The molecule has 0 atom stereocenters. The molecule has 0 radical (unpaired) electrons. The molecule has 122 valence electrons. The molecule has 0 aliphatic carbocycles. The van der Waals surface area contributed by atoms with Crippen molar-refractivity contribution in [3.8, 4) is 0 Å².